The predicted octanol–water partition coefficient (Wildman–Crippen LogP) is 5.32. The number of nitrogens with zero attached hydrogens (tertiary/aromatic N) is 3. The molecular formula is C23H25FN4O3SSi. The second-order valence-corrected chi connectivity index (χ2v) is 15.8. The summed E-state index contributed by atoms with van der Waals surface area (Å²) in [4.78, 5) is 29.8. The largest absolute Gasteiger partial charge is 0.458 e. The van der Waals surface area contributed by atoms with Crippen LogP contribution in [0.2, 0.25) is 25.7 Å². The van der Waals surface area contributed by atoms with Gasteiger partial charge >= 0.3 is 0 Å². The van der Waals surface area contributed by atoms with Crippen molar-refractivity contribution in [3.8, 4) is 0 Å². The lowest BCUT2D eigenvalue weighted by atomic mass is 10.1. The molecule has 1 N–H and O–H groups in total. The third-order valence-corrected chi connectivity index (χ3v) is 8.21. The lowest BCUT2D eigenvalue weighted by molar-refractivity contribution is 0.0936. The molecule has 0 spiro atoms. The molecule has 0 aliphatic carbocycles. The fraction of sp³-hybridized carbons (Fsp3) is 0.304. The van der Waals surface area contributed by atoms with Crippen LogP contribution < -0.4 is 5.32 Å². The van der Waals surface area contributed by atoms with E-state index in [1.165, 1.54) is 34.6 Å². The Morgan fingerprint density at radius 3 is 2.79 bits per heavy atom. The molecule has 1 amide bonds. The van der Waals surface area contributed by atoms with Crippen LogP contribution in [0.5, 0.6) is 0 Å². The average Bonchev–Trinajstić information content (AvgIpc) is 3.36. The van der Waals surface area contributed by atoms with Crippen LogP contribution in [0.3, 0.4) is 0 Å². The minimum atomic E-state index is -1.28. The van der Waals surface area contributed by atoms with Gasteiger partial charge in [0.05, 0.1) is 17.8 Å². The van der Waals surface area contributed by atoms with Crippen LogP contribution in [-0.4, -0.2) is 39.4 Å². The minimum absolute atomic E-state index is 0.210. The van der Waals surface area contributed by atoms with Crippen LogP contribution in [0.15, 0.2) is 47.3 Å². The number of thioether (sulfide) groups is 1. The summed E-state index contributed by atoms with van der Waals surface area (Å²) >= 11 is 1.19. The van der Waals surface area contributed by atoms with E-state index in [1.54, 1.807) is 31.5 Å². The molecule has 33 heavy (non-hydrogen) atoms. The average molecular weight is 485 g/mol. The first-order chi connectivity index (χ1) is 15.6. The van der Waals surface area contributed by atoms with Gasteiger partial charge in [0.2, 0.25) is 5.12 Å². The smallest absolute Gasteiger partial charge is 0.257 e. The molecule has 1 aromatic carbocycles. The highest BCUT2D eigenvalue weighted by molar-refractivity contribution is 8.14. The van der Waals surface area contributed by atoms with Gasteiger partial charge in [-0.1, -0.05) is 31.4 Å². The Bertz CT molecular complexity index is 1340. The molecule has 1 atom stereocenters. The number of carbonyl (C=O) groups is 2. The van der Waals surface area contributed by atoms with Crippen molar-refractivity contribution in [2.24, 2.45) is 0 Å². The van der Waals surface area contributed by atoms with Crippen LogP contribution in [0.1, 0.15) is 39.4 Å². The summed E-state index contributed by atoms with van der Waals surface area (Å²) in [5.74, 6) is 0.258. The number of hydrogen-bond donors (Lipinski definition) is 1. The van der Waals surface area contributed by atoms with E-state index < -0.39 is 19.9 Å². The Morgan fingerprint density at radius 2 is 2.03 bits per heavy atom. The Balaban J connectivity index is 1.55. The number of aromatic nitrogens is 3. The Hall–Kier alpha value is -2.98. The SMILES string of the molecule is CC(NC(=O)c1cnn2cccnc12)c1cc2cc(F)cc(C(=O)SCC[Si](C)(C)C)c2o1. The number of furan rings is 1. The van der Waals surface area contributed by atoms with E-state index in [9.17, 15) is 14.0 Å². The third kappa shape index (κ3) is 5.17. The number of carbonyl (C=O) groups excluding carboxylic acids is 2. The van der Waals surface area contributed by atoms with Gasteiger partial charge in [-0.2, -0.15) is 5.10 Å². The summed E-state index contributed by atoms with van der Waals surface area (Å²) in [6.45, 7) is 8.50. The second kappa shape index (κ2) is 9.10. The van der Waals surface area contributed by atoms with Crippen molar-refractivity contribution in [3.05, 3.63) is 65.6 Å². The topological polar surface area (TPSA) is 89.5 Å². The molecule has 4 aromatic rings. The van der Waals surface area contributed by atoms with Gasteiger partial charge in [0.25, 0.3) is 5.91 Å². The van der Waals surface area contributed by atoms with Crippen molar-refractivity contribution < 1.29 is 18.4 Å². The summed E-state index contributed by atoms with van der Waals surface area (Å²) in [7, 11) is -1.28. The highest BCUT2D eigenvalue weighted by atomic mass is 32.2. The third-order valence-electron chi connectivity index (χ3n) is 5.20. The van der Waals surface area contributed by atoms with Crippen molar-refractivity contribution in [2.45, 2.75) is 38.7 Å². The first-order valence-electron chi connectivity index (χ1n) is 10.6. The van der Waals surface area contributed by atoms with E-state index >= 15 is 0 Å². The molecule has 10 heteroatoms. The molecule has 0 radical (unpaired) electrons. The molecular weight excluding hydrogens is 459 g/mol. The molecule has 7 nitrogen and oxygen atoms in total. The highest BCUT2D eigenvalue weighted by Gasteiger charge is 2.22. The molecule has 0 fully saturated rings. The van der Waals surface area contributed by atoms with Gasteiger partial charge in [0, 0.05) is 25.9 Å². The minimum Gasteiger partial charge on any atom is -0.458 e. The van der Waals surface area contributed by atoms with Gasteiger partial charge in [0.15, 0.2) is 5.65 Å². The summed E-state index contributed by atoms with van der Waals surface area (Å²) in [5.41, 5.74) is 1.31. The van der Waals surface area contributed by atoms with Crippen molar-refractivity contribution in [3.63, 3.8) is 0 Å². The molecule has 1 unspecified atom stereocenters. The normalized spacial score (nSPS) is 12.9. The number of nitrogens with one attached hydrogen (secondary N) is 1. The van der Waals surface area contributed by atoms with Crippen LogP contribution >= 0.6 is 11.8 Å². The number of hydrogen-bond acceptors (Lipinski definition) is 6. The zero-order valence-corrected chi connectivity index (χ0v) is 20.7. The first kappa shape index (κ1) is 23.2. The number of amides is 1. The Labute approximate surface area is 195 Å². The zero-order chi connectivity index (χ0) is 23.8. The van der Waals surface area contributed by atoms with Crippen LogP contribution in [0.25, 0.3) is 16.6 Å². The van der Waals surface area contributed by atoms with Gasteiger partial charge in [-0.15, -0.1) is 0 Å². The molecule has 172 valence electrons. The van der Waals surface area contributed by atoms with Crippen molar-refractivity contribution in [1.82, 2.24) is 19.9 Å². The van der Waals surface area contributed by atoms with Gasteiger partial charge in [-0.3, -0.25) is 9.59 Å². The van der Waals surface area contributed by atoms with Crippen LogP contribution in [0.4, 0.5) is 4.39 Å². The molecule has 3 aromatic heterocycles. The van der Waals surface area contributed by atoms with Crippen molar-refractivity contribution >= 4 is 47.5 Å². The van der Waals surface area contributed by atoms with E-state index in [2.05, 4.69) is 35.0 Å². The summed E-state index contributed by atoms with van der Waals surface area (Å²) < 4.78 is 21.7. The van der Waals surface area contributed by atoms with Gasteiger partial charge in [0.1, 0.15) is 22.7 Å². The fourth-order valence-corrected chi connectivity index (χ4v) is 6.71. The zero-order valence-electron chi connectivity index (χ0n) is 18.9. The number of fused-ring (bicyclic) bond motifs is 2. The molecule has 3 heterocycles. The summed E-state index contributed by atoms with van der Waals surface area (Å²) in [5, 5.41) is 7.26. The maximum atomic E-state index is 14.2. The molecule has 4 rings (SSSR count). The van der Waals surface area contributed by atoms with Crippen LogP contribution in [0, 0.1) is 5.82 Å². The summed E-state index contributed by atoms with van der Waals surface area (Å²) in [6, 6.07) is 6.39. The first-order valence-corrected chi connectivity index (χ1v) is 15.3. The van der Waals surface area contributed by atoms with E-state index in [1.807, 2.05) is 0 Å². The van der Waals surface area contributed by atoms with Gasteiger partial charge in [-0.05, 0) is 43.0 Å². The predicted molar refractivity (Wildman–Crippen MR) is 130 cm³/mol. The molecule has 0 saturated carbocycles. The standard InChI is InChI=1S/C23H25FN4O3SSi/c1-14(27-22(29)18-13-26-28-7-5-6-25-21(18)28)19-11-15-10-16(24)12-17(20(15)31-19)23(30)32-8-9-33(2,3)4/h5-7,10-14H,8-9H2,1-4H3,(H,27,29). The monoisotopic (exact) mass is 484 g/mol. The molecule has 0 aliphatic rings. The maximum absolute atomic E-state index is 14.2. The second-order valence-electron chi connectivity index (χ2n) is 9.11. The van der Waals surface area contributed by atoms with E-state index in [0.29, 0.717) is 33.7 Å². The van der Waals surface area contributed by atoms with Gasteiger partial charge in [-0.25, -0.2) is 13.9 Å². The number of halogens is 1. The maximum Gasteiger partial charge on any atom is 0.257 e. The van der Waals surface area contributed by atoms with E-state index in [4.69, 9.17) is 4.42 Å². The highest BCUT2D eigenvalue weighted by Crippen LogP contribution is 2.31. The molecule has 0 bridgehead atoms. The van der Waals surface area contributed by atoms with Crippen molar-refractivity contribution in [1.29, 1.82) is 0 Å². The molecule has 0 saturated heterocycles. The van der Waals surface area contributed by atoms with Crippen molar-refractivity contribution in [2.75, 3.05) is 5.75 Å². The quantitative estimate of drug-likeness (QED) is 0.357. The van der Waals surface area contributed by atoms with Crippen LogP contribution in [-0.2, 0) is 0 Å². The lowest BCUT2D eigenvalue weighted by Gasteiger charge is -2.14. The fourth-order valence-electron chi connectivity index (χ4n) is 3.36. The van der Waals surface area contributed by atoms with E-state index in [0.717, 1.165) is 6.04 Å². The Morgan fingerprint density at radius 1 is 1.24 bits per heavy atom. The Kier molecular flexibility index (Phi) is 6.40. The van der Waals surface area contributed by atoms with E-state index in [-0.39, 0.29) is 16.6 Å². The lowest BCUT2D eigenvalue weighted by Crippen LogP contribution is -2.26. The molecule has 0 aliphatic heterocycles. The van der Waals surface area contributed by atoms with Gasteiger partial charge < -0.3 is 9.73 Å². The summed E-state index contributed by atoms with van der Waals surface area (Å²) in [6.07, 6.45) is 4.74. The number of benzene rings is 1. The number of rotatable bonds is 7.